The molecule has 572 valence electrons. The van der Waals surface area contributed by atoms with Gasteiger partial charge in [0.15, 0.2) is 40.3 Å². The number of hydrogen-bond donors (Lipinski definition) is 0. The van der Waals surface area contributed by atoms with Gasteiger partial charge in [-0.3, -0.25) is 24.0 Å². The minimum atomic E-state index is -1.27. The van der Waals surface area contributed by atoms with Gasteiger partial charge in [0.25, 0.3) is 0 Å². The van der Waals surface area contributed by atoms with E-state index in [0.717, 1.165) is 32.3 Å². The number of allylic oxidation sites excluding steroid dienone is 2. The maximum absolute atomic E-state index is 12.6. The summed E-state index contributed by atoms with van der Waals surface area (Å²) in [6.45, 7) is 14.3. The second kappa shape index (κ2) is 33.3. The summed E-state index contributed by atoms with van der Waals surface area (Å²) in [6, 6.07) is 35.6. The highest BCUT2D eigenvalue weighted by molar-refractivity contribution is 6.51. The van der Waals surface area contributed by atoms with Crippen LogP contribution >= 0.6 is 58.0 Å². The Kier molecular flexibility index (Phi) is 25.0. The zero-order chi connectivity index (χ0) is 79.5. The SMILES string of the molecule is CCOC(=O)C1(C)OC1C1=C(Cl)C(=O)c2ccccc2C1=O.CCOC(=O)C1(C)OC1C1=C(Cl)C(=O)c2ccccc2C1=O.CCOC(=O)C1(C)OC1c1c(Cl)c(OC)c2ccccc2c1OC.CCOC(=O)C1(C)OC1c1c(Cl)c(OC)c2ccccc2c1OC.COc1c(Cl)c(C=O)c(OC)c2ccccc12. The molecule has 23 nitrogen and oxygen atoms in total. The number of ether oxygens (including phenoxy) is 14. The van der Waals surface area contributed by atoms with E-state index in [1.54, 1.807) is 119 Å². The highest BCUT2D eigenvalue weighted by Gasteiger charge is 2.67. The van der Waals surface area contributed by atoms with Gasteiger partial charge in [-0.25, -0.2) is 19.2 Å². The lowest BCUT2D eigenvalue weighted by atomic mass is 9.85. The number of benzene rings is 8. The summed E-state index contributed by atoms with van der Waals surface area (Å²) in [4.78, 5) is 109. The van der Waals surface area contributed by atoms with Gasteiger partial charge in [0.05, 0.1) is 111 Å². The van der Waals surface area contributed by atoms with Crippen molar-refractivity contribution >= 4 is 144 Å². The molecule has 6 aliphatic rings. The molecule has 8 aromatic rings. The largest absolute Gasteiger partial charge is 0.496 e. The van der Waals surface area contributed by atoms with Crippen LogP contribution in [-0.4, -0.2) is 157 Å². The average Bonchev–Trinajstić information content (AvgIpc) is 0.998. The van der Waals surface area contributed by atoms with E-state index in [-0.39, 0.29) is 74.9 Å². The van der Waals surface area contributed by atoms with E-state index in [9.17, 15) is 43.2 Å². The standard InChI is InChI=1S/2C18H19ClO5.2C16H13ClO5.C13H11ClO3/c2*1-5-23-17(20)18(2)16(24-18)12-13(19)15(22-4)11-9-7-6-8-10(11)14(12)21-3;2*1-3-21-15(20)16(2)14(22-16)10-11(17)13(19)9-7-5-4-6-8(9)12(10)18;1-16-12-8-5-3-4-6-9(8)13(17-2)11(14)10(12)7-15/h2*6-9,16H,5H2,1-4H3;2*4-7,14H,3H2,1-2H3;3-7H,1-2H3. The van der Waals surface area contributed by atoms with E-state index < -0.39 is 93.8 Å². The fourth-order valence-electron chi connectivity index (χ4n) is 13.0. The third kappa shape index (κ3) is 14.9. The van der Waals surface area contributed by atoms with Gasteiger partial charge >= 0.3 is 23.9 Å². The summed E-state index contributed by atoms with van der Waals surface area (Å²) >= 11 is 31.4. The molecule has 0 aromatic heterocycles. The Morgan fingerprint density at radius 3 is 0.844 bits per heavy atom. The van der Waals surface area contributed by atoms with Crippen LogP contribution in [0.25, 0.3) is 32.3 Å². The lowest BCUT2D eigenvalue weighted by Gasteiger charge is -2.17. The summed E-state index contributed by atoms with van der Waals surface area (Å²) in [5.74, 6) is -0.448. The number of halogens is 5. The summed E-state index contributed by atoms with van der Waals surface area (Å²) in [5.41, 5.74) is -2.04. The molecule has 0 amide bonds. The first-order valence-electron chi connectivity index (χ1n) is 34.0. The predicted octanol–water partition coefficient (Wildman–Crippen LogP) is 15.7. The number of carbonyl (C=O) groups is 9. The molecule has 8 unspecified atom stereocenters. The van der Waals surface area contributed by atoms with E-state index in [4.69, 9.17) is 124 Å². The van der Waals surface area contributed by atoms with Gasteiger partial charge in [0.2, 0.25) is 11.6 Å². The Bertz CT molecular complexity index is 4850. The highest BCUT2D eigenvalue weighted by atomic mass is 35.5. The van der Waals surface area contributed by atoms with Crippen molar-refractivity contribution in [3.63, 3.8) is 0 Å². The Morgan fingerprint density at radius 2 is 0.578 bits per heavy atom. The number of hydrogen-bond acceptors (Lipinski definition) is 23. The molecule has 4 heterocycles. The number of Topliss-reactive ketones (excluding diaryl/α,β-unsaturated/α-hetero) is 4. The molecule has 4 saturated heterocycles. The second-order valence-corrected chi connectivity index (χ2v) is 27.2. The van der Waals surface area contributed by atoms with E-state index in [1.807, 2.05) is 72.8 Å². The van der Waals surface area contributed by atoms with Crippen molar-refractivity contribution in [1.29, 1.82) is 0 Å². The number of ketones is 4. The van der Waals surface area contributed by atoms with Crippen molar-refractivity contribution < 1.29 is 109 Å². The molecule has 2 aliphatic carbocycles. The summed E-state index contributed by atoms with van der Waals surface area (Å²) in [5, 5.41) is 5.64. The lowest BCUT2D eigenvalue weighted by Crippen LogP contribution is -2.31. The fraction of sp³-hybridized carbons (Fsp3) is 0.321. The molecule has 28 heteroatoms. The van der Waals surface area contributed by atoms with E-state index >= 15 is 0 Å². The first-order chi connectivity index (χ1) is 52.0. The monoisotopic (exact) mass is 1590 g/mol. The number of carbonyl (C=O) groups excluding carboxylic acids is 9. The molecular weight excluding hydrogens is 1520 g/mol. The van der Waals surface area contributed by atoms with Crippen LogP contribution in [0.4, 0.5) is 0 Å². The van der Waals surface area contributed by atoms with Crippen molar-refractivity contribution in [1.82, 2.24) is 0 Å². The Hall–Kier alpha value is -9.66. The molecule has 4 aliphatic heterocycles. The summed E-state index contributed by atoms with van der Waals surface area (Å²) in [7, 11) is 9.28. The Morgan fingerprint density at radius 1 is 0.349 bits per heavy atom. The van der Waals surface area contributed by atoms with Crippen LogP contribution in [0.15, 0.2) is 143 Å². The maximum Gasteiger partial charge on any atom is 0.341 e. The molecule has 0 spiro atoms. The minimum absolute atomic E-state index is 0.0286. The molecule has 14 rings (SSSR count). The maximum atomic E-state index is 12.6. The molecule has 0 radical (unpaired) electrons. The molecule has 0 N–H and O–H groups in total. The van der Waals surface area contributed by atoms with Crippen LogP contribution < -0.4 is 28.4 Å². The third-order valence-corrected chi connectivity index (χ3v) is 20.7. The third-order valence-electron chi connectivity index (χ3n) is 18.8. The lowest BCUT2D eigenvalue weighted by molar-refractivity contribution is -0.149. The van der Waals surface area contributed by atoms with Crippen LogP contribution in [0, 0.1) is 0 Å². The number of rotatable bonds is 19. The minimum Gasteiger partial charge on any atom is -0.496 e. The number of methoxy groups -OCH3 is 6. The first kappa shape index (κ1) is 81.8. The van der Waals surface area contributed by atoms with Gasteiger partial charge < -0.3 is 66.3 Å². The Balaban J connectivity index is 0.000000146. The molecule has 4 fully saturated rings. The van der Waals surface area contributed by atoms with Crippen molar-refractivity contribution in [2.45, 2.75) is 102 Å². The first-order valence-corrected chi connectivity index (χ1v) is 35.9. The average molecular weight is 1590 g/mol. The van der Waals surface area contributed by atoms with Crippen molar-refractivity contribution in [3.05, 3.63) is 197 Å². The smallest absolute Gasteiger partial charge is 0.341 e. The second-order valence-electron chi connectivity index (χ2n) is 25.3. The predicted molar refractivity (Wildman–Crippen MR) is 405 cm³/mol. The van der Waals surface area contributed by atoms with Crippen molar-refractivity contribution in [2.24, 2.45) is 0 Å². The van der Waals surface area contributed by atoms with Gasteiger partial charge in [-0.1, -0.05) is 179 Å². The quantitative estimate of drug-likeness (QED) is 0.0314. The van der Waals surface area contributed by atoms with Gasteiger partial charge in [0, 0.05) is 65.7 Å². The zero-order valence-electron chi connectivity index (χ0n) is 61.5. The molecule has 0 bridgehead atoms. The normalized spacial score (nSPS) is 22.2. The number of epoxide rings is 4. The number of aldehydes is 1. The Labute approximate surface area is 651 Å². The van der Waals surface area contributed by atoms with Crippen molar-refractivity contribution in [3.8, 4) is 34.5 Å². The van der Waals surface area contributed by atoms with Gasteiger partial charge in [0.1, 0.15) is 58.9 Å². The van der Waals surface area contributed by atoms with Gasteiger partial charge in [-0.2, -0.15) is 0 Å². The molecule has 0 saturated carbocycles. The van der Waals surface area contributed by atoms with Gasteiger partial charge in [-0.05, 0) is 55.4 Å². The van der Waals surface area contributed by atoms with Crippen LogP contribution in [0.2, 0.25) is 15.1 Å². The number of esters is 4. The van der Waals surface area contributed by atoms with E-state index in [2.05, 4.69) is 0 Å². The molecule has 8 atom stereocenters. The van der Waals surface area contributed by atoms with E-state index in [1.165, 1.54) is 28.1 Å². The summed E-state index contributed by atoms with van der Waals surface area (Å²) < 4.78 is 74.9. The van der Waals surface area contributed by atoms with Crippen LogP contribution in [0.1, 0.15) is 131 Å². The fourth-order valence-corrected chi connectivity index (χ4v) is 14.6. The topological polar surface area (TPSA) is 296 Å². The van der Waals surface area contributed by atoms with E-state index in [0.29, 0.717) is 67.5 Å². The molecule has 8 aromatic carbocycles. The van der Waals surface area contributed by atoms with Crippen LogP contribution in [0.5, 0.6) is 34.5 Å². The summed E-state index contributed by atoms with van der Waals surface area (Å²) in [6.07, 6.45) is -2.13. The molecular formula is C81H75Cl5O23. The van der Waals surface area contributed by atoms with Gasteiger partial charge in [-0.15, -0.1) is 0 Å². The van der Waals surface area contributed by atoms with Crippen LogP contribution in [0.3, 0.4) is 0 Å². The number of fused-ring (bicyclic) bond motifs is 5. The molecule has 109 heavy (non-hydrogen) atoms. The van der Waals surface area contributed by atoms with Crippen molar-refractivity contribution in [2.75, 3.05) is 69.1 Å². The highest BCUT2D eigenvalue weighted by Crippen LogP contribution is 2.60. The zero-order valence-corrected chi connectivity index (χ0v) is 65.3. The van der Waals surface area contributed by atoms with Crippen LogP contribution in [-0.2, 0) is 57.1 Å².